The van der Waals surface area contributed by atoms with Crippen molar-refractivity contribution in [2.24, 2.45) is 0 Å². The lowest BCUT2D eigenvalue weighted by atomic mass is 10.2. The Morgan fingerprint density at radius 2 is 1.70 bits per heavy atom. The van der Waals surface area contributed by atoms with Crippen LogP contribution in [0.1, 0.15) is 68.9 Å². The number of carbonyl (C=O) groups is 2. The molecule has 0 aliphatic rings. The van der Waals surface area contributed by atoms with Crippen LogP contribution in [0.15, 0.2) is 23.0 Å². The minimum atomic E-state index is -1.37. The summed E-state index contributed by atoms with van der Waals surface area (Å²) in [5.74, 6) is -3.25. The van der Waals surface area contributed by atoms with Gasteiger partial charge in [-0.15, -0.1) is 0 Å². The first-order chi connectivity index (χ1) is 19.1. The van der Waals surface area contributed by atoms with E-state index in [1.807, 2.05) is 23.8 Å². The molecule has 0 aliphatic heterocycles. The summed E-state index contributed by atoms with van der Waals surface area (Å²) >= 11 is 0. The Hall–Kier alpha value is -3.54. The third kappa shape index (κ3) is 10.2. The molecule has 2 rings (SSSR count). The highest BCUT2D eigenvalue weighted by molar-refractivity contribution is 5.91. The monoisotopic (exact) mass is 564 g/mol. The Labute approximate surface area is 234 Å². The molecule has 1 aromatic carbocycles. The fourth-order valence-electron chi connectivity index (χ4n) is 4.23. The number of aromatic nitrogens is 2. The van der Waals surface area contributed by atoms with Crippen molar-refractivity contribution in [3.63, 3.8) is 0 Å². The Kier molecular flexibility index (Phi) is 13.5. The molecule has 0 bridgehead atoms. The van der Waals surface area contributed by atoms with E-state index in [1.54, 1.807) is 6.92 Å². The van der Waals surface area contributed by atoms with Crippen molar-refractivity contribution in [1.29, 1.82) is 0 Å². The van der Waals surface area contributed by atoms with Gasteiger partial charge in [0.2, 0.25) is 5.91 Å². The van der Waals surface area contributed by atoms with Gasteiger partial charge in [0.1, 0.15) is 0 Å². The number of H-pyrrole nitrogens is 1. The van der Waals surface area contributed by atoms with E-state index in [1.165, 1.54) is 6.07 Å². The second-order valence-electron chi connectivity index (χ2n) is 9.88. The SMILES string of the molecule is CCCCN(CCN(C)CCCCN(CCC)C(C)=O)c1nc(NCc2ccc(F)c(F)c2)c(C(=O)O)[nH]c1=O. The van der Waals surface area contributed by atoms with E-state index in [-0.39, 0.29) is 24.1 Å². The highest BCUT2D eigenvalue weighted by Gasteiger charge is 2.20. The van der Waals surface area contributed by atoms with Crippen LogP contribution >= 0.6 is 0 Å². The summed E-state index contributed by atoms with van der Waals surface area (Å²) in [6, 6.07) is 3.38. The molecular formula is C28H42F2N6O4. The number of aromatic amines is 1. The zero-order valence-corrected chi connectivity index (χ0v) is 23.9. The average molecular weight is 565 g/mol. The van der Waals surface area contributed by atoms with E-state index < -0.39 is 28.9 Å². The molecule has 0 fully saturated rings. The number of amides is 1. The third-order valence-corrected chi connectivity index (χ3v) is 6.54. The number of likely N-dealkylation sites (N-methyl/N-ethyl adjacent to an activating group) is 1. The van der Waals surface area contributed by atoms with Gasteiger partial charge in [-0.2, -0.15) is 0 Å². The number of rotatable bonds is 18. The molecule has 40 heavy (non-hydrogen) atoms. The van der Waals surface area contributed by atoms with Crippen molar-refractivity contribution in [2.75, 3.05) is 56.5 Å². The second-order valence-corrected chi connectivity index (χ2v) is 9.88. The summed E-state index contributed by atoms with van der Waals surface area (Å²) in [7, 11) is 1.99. The number of carboxylic acid groups (broad SMARTS) is 1. The van der Waals surface area contributed by atoms with Crippen molar-refractivity contribution in [3.05, 3.63) is 51.4 Å². The summed E-state index contributed by atoms with van der Waals surface area (Å²) in [5.41, 5.74) is -0.642. The van der Waals surface area contributed by atoms with Crippen molar-refractivity contribution in [2.45, 2.75) is 59.4 Å². The van der Waals surface area contributed by atoms with Crippen molar-refractivity contribution >= 4 is 23.5 Å². The molecule has 1 aromatic heterocycles. The highest BCUT2D eigenvalue weighted by atomic mass is 19.2. The molecule has 0 saturated heterocycles. The largest absolute Gasteiger partial charge is 0.476 e. The first-order valence-electron chi connectivity index (χ1n) is 13.8. The second kappa shape index (κ2) is 16.5. The number of aromatic carboxylic acids is 1. The van der Waals surface area contributed by atoms with E-state index in [0.717, 1.165) is 63.9 Å². The number of unbranched alkanes of at least 4 members (excludes halogenated alkanes) is 2. The quantitative estimate of drug-likeness (QED) is 0.233. The average Bonchev–Trinajstić information content (AvgIpc) is 2.91. The topological polar surface area (TPSA) is 122 Å². The normalized spacial score (nSPS) is 11.1. The number of hydrogen-bond acceptors (Lipinski definition) is 7. The van der Waals surface area contributed by atoms with E-state index in [2.05, 4.69) is 27.1 Å². The van der Waals surface area contributed by atoms with E-state index >= 15 is 0 Å². The number of benzene rings is 1. The van der Waals surface area contributed by atoms with Crippen molar-refractivity contribution < 1.29 is 23.5 Å². The fourth-order valence-corrected chi connectivity index (χ4v) is 4.23. The van der Waals surface area contributed by atoms with Gasteiger partial charge >= 0.3 is 5.97 Å². The number of nitrogens with one attached hydrogen (secondary N) is 2. The molecule has 0 saturated carbocycles. The number of halogens is 2. The van der Waals surface area contributed by atoms with Crippen LogP contribution in [-0.4, -0.2) is 83.1 Å². The van der Waals surface area contributed by atoms with Gasteiger partial charge in [-0.1, -0.05) is 26.3 Å². The van der Waals surface area contributed by atoms with Crippen LogP contribution in [0.2, 0.25) is 0 Å². The Balaban J connectivity index is 2.11. The number of carboxylic acids is 1. The van der Waals surface area contributed by atoms with Gasteiger partial charge in [0.05, 0.1) is 0 Å². The first-order valence-corrected chi connectivity index (χ1v) is 13.8. The van der Waals surface area contributed by atoms with Gasteiger partial charge in [-0.05, 0) is 57.0 Å². The van der Waals surface area contributed by atoms with E-state index in [9.17, 15) is 28.3 Å². The summed E-state index contributed by atoms with van der Waals surface area (Å²) < 4.78 is 26.9. The lowest BCUT2D eigenvalue weighted by Crippen LogP contribution is -2.38. The van der Waals surface area contributed by atoms with Gasteiger partial charge in [-0.3, -0.25) is 9.59 Å². The molecule has 0 radical (unpaired) electrons. The number of carbonyl (C=O) groups excluding carboxylic acids is 1. The zero-order chi connectivity index (χ0) is 29.7. The van der Waals surface area contributed by atoms with Crippen LogP contribution in [0.3, 0.4) is 0 Å². The van der Waals surface area contributed by atoms with Crippen LogP contribution in [0, 0.1) is 11.6 Å². The maximum Gasteiger partial charge on any atom is 0.356 e. The van der Waals surface area contributed by atoms with E-state index in [0.29, 0.717) is 25.2 Å². The van der Waals surface area contributed by atoms with Gasteiger partial charge in [0.15, 0.2) is 29.0 Å². The van der Waals surface area contributed by atoms with E-state index in [4.69, 9.17) is 0 Å². The molecule has 2 aromatic rings. The standard InChI is InChI=1S/C28H42F2N6O4/c1-5-7-14-36(17-16-34(4)13-8-9-15-35(12-6-2)20(3)37)26-27(38)32-24(28(39)40)25(33-26)31-19-21-10-11-22(29)23(30)18-21/h10-11,18H,5-9,12-17,19H2,1-4H3,(H,31,33)(H,32,38)(H,39,40). The Bertz CT molecular complexity index is 1180. The molecule has 0 unspecified atom stereocenters. The lowest BCUT2D eigenvalue weighted by molar-refractivity contribution is -0.129. The van der Waals surface area contributed by atoms with Gasteiger partial charge < -0.3 is 30.1 Å². The molecule has 1 heterocycles. The van der Waals surface area contributed by atoms with Crippen molar-refractivity contribution in [1.82, 2.24) is 19.8 Å². The summed E-state index contributed by atoms with van der Waals surface area (Å²) in [6.45, 7) is 9.67. The number of hydrogen-bond donors (Lipinski definition) is 3. The summed E-state index contributed by atoms with van der Waals surface area (Å²) in [6.07, 6.45) is 4.44. The van der Waals surface area contributed by atoms with Crippen LogP contribution in [0.4, 0.5) is 20.4 Å². The minimum absolute atomic E-state index is 0.0209. The number of anilines is 2. The summed E-state index contributed by atoms with van der Waals surface area (Å²) in [4.78, 5) is 49.1. The minimum Gasteiger partial charge on any atom is -0.476 e. The first kappa shape index (κ1) is 32.7. The predicted octanol–water partition coefficient (Wildman–Crippen LogP) is 3.94. The van der Waals surface area contributed by atoms with Crippen LogP contribution in [0.5, 0.6) is 0 Å². The summed E-state index contributed by atoms with van der Waals surface area (Å²) in [5, 5.41) is 12.5. The smallest absolute Gasteiger partial charge is 0.356 e. The zero-order valence-electron chi connectivity index (χ0n) is 23.9. The highest BCUT2D eigenvalue weighted by Crippen LogP contribution is 2.17. The molecule has 222 valence electrons. The molecule has 12 heteroatoms. The predicted molar refractivity (Wildman–Crippen MR) is 152 cm³/mol. The maximum absolute atomic E-state index is 13.6. The Morgan fingerprint density at radius 1 is 0.975 bits per heavy atom. The van der Waals surface area contributed by atoms with Crippen LogP contribution < -0.4 is 15.8 Å². The van der Waals surface area contributed by atoms with Crippen LogP contribution in [-0.2, 0) is 11.3 Å². The Morgan fingerprint density at radius 3 is 2.33 bits per heavy atom. The molecule has 0 aliphatic carbocycles. The third-order valence-electron chi connectivity index (χ3n) is 6.54. The molecule has 0 atom stereocenters. The van der Waals surface area contributed by atoms with Gasteiger partial charge in [0.25, 0.3) is 5.56 Å². The molecule has 1 amide bonds. The van der Waals surface area contributed by atoms with Crippen LogP contribution in [0.25, 0.3) is 0 Å². The fraction of sp³-hybridized carbons (Fsp3) is 0.571. The van der Waals surface area contributed by atoms with Crippen molar-refractivity contribution in [3.8, 4) is 0 Å². The van der Waals surface area contributed by atoms with Gasteiger partial charge in [-0.25, -0.2) is 18.6 Å². The molecule has 3 N–H and O–H groups in total. The molecular weight excluding hydrogens is 522 g/mol. The molecule has 0 spiro atoms. The molecule has 10 nitrogen and oxygen atoms in total. The van der Waals surface area contributed by atoms with Gasteiger partial charge in [0, 0.05) is 46.2 Å². The lowest BCUT2D eigenvalue weighted by Gasteiger charge is -2.27. The maximum atomic E-state index is 13.6. The number of nitrogens with zero attached hydrogens (tertiary/aromatic N) is 4.